The number of rotatable bonds is 4. The van der Waals surface area contributed by atoms with Crippen molar-refractivity contribution >= 4 is 10.8 Å². The van der Waals surface area contributed by atoms with Crippen molar-refractivity contribution in [2.24, 2.45) is 0 Å². The number of nitrogens with one attached hydrogen (secondary N) is 1. The second-order valence-corrected chi connectivity index (χ2v) is 4.62. The van der Waals surface area contributed by atoms with Gasteiger partial charge < -0.3 is 9.72 Å². The summed E-state index contributed by atoms with van der Waals surface area (Å²) in [6.07, 6.45) is 3.53. The third-order valence-electron chi connectivity index (χ3n) is 3.19. The van der Waals surface area contributed by atoms with Gasteiger partial charge in [0.15, 0.2) is 0 Å². The number of hydrogen-bond acceptors (Lipinski definition) is 4. The summed E-state index contributed by atoms with van der Waals surface area (Å²) >= 11 is 0. The first kappa shape index (κ1) is 13.5. The molecule has 0 spiro atoms. The van der Waals surface area contributed by atoms with Crippen molar-refractivity contribution < 1.29 is 4.74 Å². The molecular weight excluding hydrogens is 266 g/mol. The van der Waals surface area contributed by atoms with Gasteiger partial charge in [0.1, 0.15) is 12.4 Å². The van der Waals surface area contributed by atoms with Crippen molar-refractivity contribution in [2.45, 2.75) is 13.5 Å². The van der Waals surface area contributed by atoms with Gasteiger partial charge >= 0.3 is 0 Å². The molecule has 0 aliphatic rings. The van der Waals surface area contributed by atoms with Gasteiger partial charge in [-0.05, 0) is 18.4 Å². The van der Waals surface area contributed by atoms with E-state index in [-0.39, 0.29) is 5.56 Å². The molecule has 0 unspecified atom stereocenters. The number of hydrogen-bond donors (Lipinski definition) is 1. The van der Waals surface area contributed by atoms with Crippen LogP contribution in [0.3, 0.4) is 0 Å². The zero-order valence-electron chi connectivity index (χ0n) is 11.7. The Balaban J connectivity index is 2.14. The average Bonchev–Trinajstić information content (AvgIpc) is 2.52. The van der Waals surface area contributed by atoms with Gasteiger partial charge in [-0.1, -0.05) is 18.2 Å². The van der Waals surface area contributed by atoms with E-state index in [1.807, 2.05) is 31.2 Å². The molecule has 0 bridgehead atoms. The Morgan fingerprint density at radius 1 is 1.29 bits per heavy atom. The molecule has 21 heavy (non-hydrogen) atoms. The molecule has 5 nitrogen and oxygen atoms in total. The first-order valence-corrected chi connectivity index (χ1v) is 6.79. The van der Waals surface area contributed by atoms with E-state index >= 15 is 0 Å². The summed E-state index contributed by atoms with van der Waals surface area (Å²) in [5, 5.41) is 2.04. The molecule has 0 radical (unpaired) electrons. The van der Waals surface area contributed by atoms with Crippen molar-refractivity contribution in [1.82, 2.24) is 15.0 Å². The number of nitrogens with zero attached hydrogens (tertiary/aromatic N) is 2. The van der Waals surface area contributed by atoms with Crippen LogP contribution in [-0.4, -0.2) is 21.6 Å². The fourth-order valence-corrected chi connectivity index (χ4v) is 2.26. The third-order valence-corrected chi connectivity index (χ3v) is 3.19. The summed E-state index contributed by atoms with van der Waals surface area (Å²) in [5.74, 6) is 0.533. The highest BCUT2D eigenvalue weighted by atomic mass is 16.5. The first-order valence-electron chi connectivity index (χ1n) is 6.79. The Labute approximate surface area is 121 Å². The molecule has 3 rings (SSSR count). The third kappa shape index (κ3) is 2.83. The summed E-state index contributed by atoms with van der Waals surface area (Å²) in [6.45, 7) is 2.78. The predicted molar refractivity (Wildman–Crippen MR) is 80.9 cm³/mol. The van der Waals surface area contributed by atoms with E-state index in [2.05, 4.69) is 15.0 Å². The Morgan fingerprint density at radius 2 is 2.19 bits per heavy atom. The Bertz CT molecular complexity index is 822. The second kappa shape index (κ2) is 5.85. The summed E-state index contributed by atoms with van der Waals surface area (Å²) < 4.78 is 5.31. The lowest BCUT2D eigenvalue weighted by molar-refractivity contribution is 0.128. The molecule has 0 aliphatic carbocycles. The van der Waals surface area contributed by atoms with Gasteiger partial charge in [-0.2, -0.15) is 0 Å². The van der Waals surface area contributed by atoms with Gasteiger partial charge in [-0.15, -0.1) is 0 Å². The molecule has 0 atom stereocenters. The van der Waals surface area contributed by atoms with Crippen LogP contribution in [-0.2, 0) is 11.3 Å². The SMILES string of the molecule is CCOCc1nc(-c2cccc3cnccc23)cc(=O)[nH]1. The Hall–Kier alpha value is -2.53. The predicted octanol–water partition coefficient (Wildman–Crippen LogP) is 2.52. The normalized spacial score (nSPS) is 10.9. The van der Waals surface area contributed by atoms with Crippen LogP contribution in [0.2, 0.25) is 0 Å². The molecule has 1 N–H and O–H groups in total. The van der Waals surface area contributed by atoms with Crippen molar-refractivity contribution in [3.8, 4) is 11.3 Å². The number of aromatic amines is 1. The maximum Gasteiger partial charge on any atom is 0.251 e. The highest BCUT2D eigenvalue weighted by molar-refractivity contribution is 5.95. The number of ether oxygens (including phenoxy) is 1. The number of pyridine rings is 1. The van der Waals surface area contributed by atoms with Crippen LogP contribution < -0.4 is 5.56 Å². The number of aromatic nitrogens is 3. The molecule has 0 fully saturated rings. The molecular formula is C16H15N3O2. The largest absolute Gasteiger partial charge is 0.374 e. The van der Waals surface area contributed by atoms with Crippen LogP contribution in [0.25, 0.3) is 22.0 Å². The minimum Gasteiger partial charge on any atom is -0.374 e. The smallest absolute Gasteiger partial charge is 0.251 e. The minimum absolute atomic E-state index is 0.180. The van der Waals surface area contributed by atoms with Gasteiger partial charge in [0.25, 0.3) is 5.56 Å². The number of benzene rings is 1. The zero-order chi connectivity index (χ0) is 14.7. The molecule has 2 heterocycles. The van der Waals surface area contributed by atoms with E-state index in [1.165, 1.54) is 6.07 Å². The highest BCUT2D eigenvalue weighted by Gasteiger charge is 2.08. The van der Waals surface area contributed by atoms with E-state index in [1.54, 1.807) is 12.4 Å². The zero-order valence-corrected chi connectivity index (χ0v) is 11.7. The molecule has 0 aliphatic heterocycles. The van der Waals surface area contributed by atoms with Crippen LogP contribution in [0.15, 0.2) is 47.5 Å². The lowest BCUT2D eigenvalue weighted by Gasteiger charge is -2.07. The summed E-state index contributed by atoms with van der Waals surface area (Å²) in [5.41, 5.74) is 1.38. The molecule has 2 aromatic heterocycles. The lowest BCUT2D eigenvalue weighted by atomic mass is 10.0. The lowest BCUT2D eigenvalue weighted by Crippen LogP contribution is -2.12. The number of fused-ring (bicyclic) bond motifs is 1. The number of H-pyrrole nitrogens is 1. The molecule has 1 aromatic carbocycles. The summed E-state index contributed by atoms with van der Waals surface area (Å²) in [6, 6.07) is 9.31. The maximum absolute atomic E-state index is 11.8. The molecule has 0 amide bonds. The van der Waals surface area contributed by atoms with Gasteiger partial charge in [0, 0.05) is 36.0 Å². The first-order chi connectivity index (χ1) is 10.3. The quantitative estimate of drug-likeness (QED) is 0.798. The van der Waals surface area contributed by atoms with Gasteiger partial charge in [0.2, 0.25) is 0 Å². The van der Waals surface area contributed by atoms with E-state index in [0.717, 1.165) is 16.3 Å². The van der Waals surface area contributed by atoms with Crippen LogP contribution in [0.4, 0.5) is 0 Å². The second-order valence-electron chi connectivity index (χ2n) is 4.62. The van der Waals surface area contributed by atoms with Gasteiger partial charge in [-0.3, -0.25) is 9.78 Å². The summed E-state index contributed by atoms with van der Waals surface area (Å²) in [4.78, 5) is 23.1. The topological polar surface area (TPSA) is 67.9 Å². The minimum atomic E-state index is -0.180. The fourth-order valence-electron chi connectivity index (χ4n) is 2.26. The van der Waals surface area contributed by atoms with Crippen LogP contribution in [0, 0.1) is 0 Å². The van der Waals surface area contributed by atoms with E-state index < -0.39 is 0 Å². The fraction of sp³-hybridized carbons (Fsp3) is 0.188. The molecule has 106 valence electrons. The van der Waals surface area contributed by atoms with Crippen molar-refractivity contribution in [1.29, 1.82) is 0 Å². The molecule has 0 saturated heterocycles. The van der Waals surface area contributed by atoms with Crippen molar-refractivity contribution in [3.05, 3.63) is 58.9 Å². The Morgan fingerprint density at radius 3 is 3.05 bits per heavy atom. The van der Waals surface area contributed by atoms with E-state index in [0.29, 0.717) is 24.7 Å². The molecule has 3 aromatic rings. The standard InChI is InChI=1S/C16H15N3O2/c1-2-21-10-15-18-14(8-16(20)19-15)13-5-3-4-11-9-17-7-6-12(11)13/h3-9H,2,10H2,1H3,(H,18,19,20). The van der Waals surface area contributed by atoms with E-state index in [9.17, 15) is 4.79 Å². The molecule has 0 saturated carbocycles. The van der Waals surface area contributed by atoms with Gasteiger partial charge in [0.05, 0.1) is 5.69 Å². The van der Waals surface area contributed by atoms with Gasteiger partial charge in [-0.25, -0.2) is 4.98 Å². The molecule has 5 heteroatoms. The van der Waals surface area contributed by atoms with Crippen LogP contribution >= 0.6 is 0 Å². The van der Waals surface area contributed by atoms with Crippen LogP contribution in [0.5, 0.6) is 0 Å². The average molecular weight is 281 g/mol. The summed E-state index contributed by atoms with van der Waals surface area (Å²) in [7, 11) is 0. The Kier molecular flexibility index (Phi) is 3.75. The monoisotopic (exact) mass is 281 g/mol. The van der Waals surface area contributed by atoms with Crippen molar-refractivity contribution in [3.63, 3.8) is 0 Å². The van der Waals surface area contributed by atoms with Crippen LogP contribution in [0.1, 0.15) is 12.7 Å². The maximum atomic E-state index is 11.8. The van der Waals surface area contributed by atoms with E-state index in [4.69, 9.17) is 4.74 Å². The van der Waals surface area contributed by atoms with Crippen molar-refractivity contribution in [2.75, 3.05) is 6.61 Å². The highest BCUT2D eigenvalue weighted by Crippen LogP contribution is 2.25.